The van der Waals surface area contributed by atoms with Crippen molar-refractivity contribution in [3.05, 3.63) is 144 Å². The van der Waals surface area contributed by atoms with Gasteiger partial charge in [0.25, 0.3) is 23.6 Å². The summed E-state index contributed by atoms with van der Waals surface area (Å²) in [6.45, 7) is 0. The van der Waals surface area contributed by atoms with Gasteiger partial charge in [0.15, 0.2) is 0 Å². The molecule has 2 N–H and O–H groups in total. The van der Waals surface area contributed by atoms with Crippen molar-refractivity contribution in [2.45, 2.75) is 37.3 Å². The average molecular weight is 1160 g/mol. The molecule has 0 spiro atoms. The summed E-state index contributed by atoms with van der Waals surface area (Å²) in [6, 6.07) is 22.2. The molecular weight excluding hydrogens is 1120 g/mol. The van der Waals surface area contributed by atoms with Gasteiger partial charge in [0.05, 0.1) is 63.5 Å². The van der Waals surface area contributed by atoms with E-state index in [9.17, 15) is 46.1 Å². The number of fused-ring (bicyclic) bond motifs is 2. The standard InChI is InChI=1S/C60H40F6N2O16/c1-77-27-9-5-13-31(17-27)81-41-21-35-45-36(54(70)67(53(35)69)39(57(73)74)25-59(61,62)63)23-43(83-33-15-7-11-29(19-33)79-3)49-50-44(84-34-16-8-12-30(20-34)80-4)24-38-46-37(55(71)68(56(38)72)40(58(75)76)26-60(64,65)66)22-42(48(52(46)50)47(41)51(45)49)82-32-14-6-10-28(18-32)78-2/h5-24,39-40H,25-26H2,1-4H3,(H,73,74)(H,75,76). The predicted octanol–water partition coefficient (Wildman–Crippen LogP) is 12.9. The fourth-order valence-electron chi connectivity index (χ4n) is 10.6. The third kappa shape index (κ3) is 9.68. The van der Waals surface area contributed by atoms with E-state index in [0.717, 1.165) is 24.3 Å². The summed E-state index contributed by atoms with van der Waals surface area (Å²) in [6.07, 6.45) is -14.8. The Labute approximate surface area is 468 Å². The maximum Gasteiger partial charge on any atom is 0.391 e. The van der Waals surface area contributed by atoms with Crippen LogP contribution in [0.2, 0.25) is 0 Å². The predicted molar refractivity (Wildman–Crippen MR) is 285 cm³/mol. The molecule has 0 aliphatic carbocycles. The van der Waals surface area contributed by atoms with E-state index in [1.54, 1.807) is 24.3 Å². The van der Waals surface area contributed by atoms with Crippen molar-refractivity contribution in [1.29, 1.82) is 0 Å². The number of imide groups is 2. The van der Waals surface area contributed by atoms with Gasteiger partial charge in [-0.15, -0.1) is 0 Å². The van der Waals surface area contributed by atoms with Crippen LogP contribution in [0.25, 0.3) is 43.1 Å². The van der Waals surface area contributed by atoms with E-state index < -0.39 is 95.1 Å². The molecule has 0 saturated heterocycles. The molecule has 0 radical (unpaired) electrons. The smallest absolute Gasteiger partial charge is 0.391 e. The lowest BCUT2D eigenvalue weighted by Gasteiger charge is -2.35. The summed E-state index contributed by atoms with van der Waals surface area (Å²) in [4.78, 5) is 86.6. The summed E-state index contributed by atoms with van der Waals surface area (Å²) in [5, 5.41) is 19.2. The van der Waals surface area contributed by atoms with Crippen LogP contribution in [0, 0.1) is 0 Å². The number of nitrogens with zero attached hydrogens (tertiary/aromatic N) is 2. The van der Waals surface area contributed by atoms with E-state index in [-0.39, 0.29) is 122 Å². The van der Waals surface area contributed by atoms with E-state index in [4.69, 9.17) is 37.9 Å². The molecule has 2 heterocycles. The Morgan fingerprint density at radius 3 is 0.810 bits per heavy atom. The molecule has 0 aromatic heterocycles. The van der Waals surface area contributed by atoms with Crippen LogP contribution in [0.5, 0.6) is 69.0 Å². The highest BCUT2D eigenvalue weighted by Gasteiger charge is 2.50. The quantitative estimate of drug-likeness (QED) is 0.0353. The second kappa shape index (κ2) is 20.8. The molecule has 9 aromatic carbocycles. The van der Waals surface area contributed by atoms with Gasteiger partial charge in [-0.3, -0.25) is 29.0 Å². The zero-order valence-corrected chi connectivity index (χ0v) is 43.9. The summed E-state index contributed by atoms with van der Waals surface area (Å²) < 4.78 is 135. The van der Waals surface area contributed by atoms with Gasteiger partial charge in [-0.05, 0) is 72.8 Å². The van der Waals surface area contributed by atoms with Crippen LogP contribution in [-0.4, -0.2) is 108 Å². The van der Waals surface area contributed by atoms with Gasteiger partial charge < -0.3 is 48.1 Å². The largest absolute Gasteiger partial charge is 0.497 e. The zero-order chi connectivity index (χ0) is 59.8. The van der Waals surface area contributed by atoms with E-state index in [0.29, 0.717) is 0 Å². The Morgan fingerprint density at radius 1 is 0.381 bits per heavy atom. The molecule has 2 aliphatic rings. The number of rotatable bonds is 18. The minimum Gasteiger partial charge on any atom is -0.497 e. The molecule has 0 bridgehead atoms. The fraction of sp³-hybridized carbons (Fsp3) is 0.167. The molecule has 428 valence electrons. The summed E-state index contributed by atoms with van der Waals surface area (Å²) in [7, 11) is 5.39. The van der Waals surface area contributed by atoms with E-state index in [1.807, 2.05) is 0 Å². The van der Waals surface area contributed by atoms with Crippen LogP contribution in [0.4, 0.5) is 26.3 Å². The first kappa shape index (κ1) is 55.4. The average Bonchev–Trinajstić information content (AvgIpc) is 0.710. The van der Waals surface area contributed by atoms with Crippen molar-refractivity contribution in [2.24, 2.45) is 0 Å². The van der Waals surface area contributed by atoms with Crippen LogP contribution in [0.1, 0.15) is 54.3 Å². The second-order valence-electron chi connectivity index (χ2n) is 19.1. The first-order valence-electron chi connectivity index (χ1n) is 25.0. The number of carboxylic acid groups (broad SMARTS) is 2. The normalized spacial score (nSPS) is 14.1. The minimum atomic E-state index is -5.25. The Morgan fingerprint density at radius 2 is 0.607 bits per heavy atom. The number of halogens is 6. The SMILES string of the molecule is COc1cccc(Oc2cc3c4c(cc(Oc5cccc(OC)c5)c5c6c(Oc7cccc(OC)c7)cc7c8c(cc(Oc9cccc(OC)c9)c(c2c45)c86)C(=O)N(C(CC(F)(F)F)C(=O)O)C7=O)C(=O)N(C(CC(F)(F)F)C(=O)O)C3=O)c1. The van der Waals surface area contributed by atoms with E-state index >= 15 is 19.2 Å². The third-order valence-corrected chi connectivity index (χ3v) is 14.1. The van der Waals surface area contributed by atoms with Crippen molar-refractivity contribution >= 4 is 78.7 Å². The summed E-state index contributed by atoms with van der Waals surface area (Å²) in [5.74, 6) is -11.2. The highest BCUT2D eigenvalue weighted by molar-refractivity contribution is 6.45. The van der Waals surface area contributed by atoms with Gasteiger partial charge in [0.2, 0.25) is 0 Å². The maximum atomic E-state index is 15.2. The lowest BCUT2D eigenvalue weighted by Crippen LogP contribution is -2.52. The second-order valence-corrected chi connectivity index (χ2v) is 19.1. The lowest BCUT2D eigenvalue weighted by atomic mass is 9.80. The number of hydrogen-bond donors (Lipinski definition) is 2. The number of hydrogen-bond acceptors (Lipinski definition) is 14. The summed E-state index contributed by atoms with van der Waals surface area (Å²) in [5.41, 5.74) is -2.30. The molecule has 2 atom stereocenters. The number of carbonyl (C=O) groups is 6. The molecule has 24 heteroatoms. The first-order valence-corrected chi connectivity index (χ1v) is 25.0. The topological polar surface area (TPSA) is 223 Å². The van der Waals surface area contributed by atoms with Crippen LogP contribution in [0.15, 0.2) is 121 Å². The number of benzene rings is 9. The molecule has 84 heavy (non-hydrogen) atoms. The lowest BCUT2D eigenvalue weighted by molar-refractivity contribution is -0.162. The molecule has 4 amide bonds. The van der Waals surface area contributed by atoms with Gasteiger partial charge in [0, 0.05) is 67.4 Å². The highest BCUT2D eigenvalue weighted by Crippen LogP contribution is 2.58. The van der Waals surface area contributed by atoms with Crippen LogP contribution in [-0.2, 0) is 9.59 Å². The Bertz CT molecular complexity index is 3780. The Balaban J connectivity index is 1.40. The molecule has 0 saturated carbocycles. The number of carbonyl (C=O) groups excluding carboxylic acids is 4. The maximum absolute atomic E-state index is 15.2. The van der Waals surface area contributed by atoms with Gasteiger partial charge in [0.1, 0.15) is 81.1 Å². The van der Waals surface area contributed by atoms with E-state index in [1.165, 1.54) is 101 Å². The van der Waals surface area contributed by atoms with Crippen LogP contribution >= 0.6 is 0 Å². The molecule has 18 nitrogen and oxygen atoms in total. The van der Waals surface area contributed by atoms with Gasteiger partial charge in [-0.1, -0.05) is 24.3 Å². The number of aliphatic carboxylic acids is 2. The molecule has 9 aromatic rings. The number of alkyl halides is 6. The van der Waals surface area contributed by atoms with Crippen molar-refractivity contribution in [2.75, 3.05) is 28.4 Å². The van der Waals surface area contributed by atoms with Gasteiger partial charge in [-0.25, -0.2) is 9.59 Å². The number of carboxylic acids is 2. The zero-order valence-electron chi connectivity index (χ0n) is 43.9. The number of amides is 4. The van der Waals surface area contributed by atoms with Gasteiger partial charge in [-0.2, -0.15) is 26.3 Å². The Kier molecular flexibility index (Phi) is 13.7. The summed E-state index contributed by atoms with van der Waals surface area (Å²) >= 11 is 0. The first-order chi connectivity index (χ1) is 40.0. The van der Waals surface area contributed by atoms with E-state index in [2.05, 4.69) is 0 Å². The third-order valence-electron chi connectivity index (χ3n) is 14.1. The van der Waals surface area contributed by atoms with Crippen molar-refractivity contribution < 1.29 is 103 Å². The number of methoxy groups -OCH3 is 4. The van der Waals surface area contributed by atoms with Crippen LogP contribution < -0.4 is 37.9 Å². The van der Waals surface area contributed by atoms with Crippen molar-refractivity contribution in [3.8, 4) is 69.0 Å². The highest BCUT2D eigenvalue weighted by atomic mass is 19.4. The molecule has 0 fully saturated rings. The van der Waals surface area contributed by atoms with Crippen LogP contribution in [0.3, 0.4) is 0 Å². The van der Waals surface area contributed by atoms with Crippen molar-refractivity contribution in [3.63, 3.8) is 0 Å². The van der Waals surface area contributed by atoms with Gasteiger partial charge >= 0.3 is 24.3 Å². The van der Waals surface area contributed by atoms with Crippen molar-refractivity contribution in [1.82, 2.24) is 9.80 Å². The fourth-order valence-corrected chi connectivity index (χ4v) is 10.6. The Hall–Kier alpha value is -10.5. The minimum absolute atomic E-state index is 0.0251. The molecule has 11 rings (SSSR count). The molecule has 2 aliphatic heterocycles. The number of ether oxygens (including phenoxy) is 8. The molecular formula is C60H40F6N2O16. The molecule has 2 unspecified atom stereocenters. The monoisotopic (exact) mass is 1160 g/mol.